The molecule has 0 atom stereocenters. The summed E-state index contributed by atoms with van der Waals surface area (Å²) in [5.74, 6) is 0. The number of nitrogens with zero attached hydrogens (tertiary/aromatic N) is 1. The molecule has 186 valence electrons. The second-order valence-electron chi connectivity index (χ2n) is 11.0. The zero-order chi connectivity index (χ0) is 22.5. The Morgan fingerprint density at radius 1 is 0.419 bits per heavy atom. The molecule has 1 fully saturated rings. The minimum Gasteiger partial charge on any atom is -0.321 e. The van der Waals surface area contributed by atoms with Crippen LogP contribution in [0.1, 0.15) is 168 Å². The first-order chi connectivity index (χ1) is 15.3. The molecule has 0 amide bonds. The van der Waals surface area contributed by atoms with Crippen LogP contribution in [0, 0.1) is 0 Å². The smallest absolute Gasteiger partial charge is 0.0890 e. The minimum atomic E-state index is 0.996. The molecule has 1 nitrogen and oxygen atoms in total. The summed E-state index contributed by atoms with van der Waals surface area (Å²) >= 11 is 0. The Balaban J connectivity index is 2.63. The Bertz CT molecular complexity index is 317. The lowest BCUT2D eigenvalue weighted by atomic mass is 9.90. The molecule has 0 bridgehead atoms. The van der Waals surface area contributed by atoms with Gasteiger partial charge < -0.3 is 4.48 Å². The van der Waals surface area contributed by atoms with Crippen LogP contribution in [0.15, 0.2) is 0 Å². The van der Waals surface area contributed by atoms with E-state index in [-0.39, 0.29) is 0 Å². The Hall–Kier alpha value is -0.0400. The van der Waals surface area contributed by atoms with Crippen LogP contribution in [-0.2, 0) is 0 Å². The van der Waals surface area contributed by atoms with Gasteiger partial charge in [0.25, 0.3) is 0 Å². The van der Waals surface area contributed by atoms with Crippen LogP contribution >= 0.6 is 0 Å². The zero-order valence-corrected chi connectivity index (χ0v) is 22.4. The fourth-order valence-corrected chi connectivity index (χ4v) is 6.13. The van der Waals surface area contributed by atoms with Crippen molar-refractivity contribution >= 4 is 0 Å². The average Bonchev–Trinajstić information content (AvgIpc) is 2.80. The van der Waals surface area contributed by atoms with Crippen LogP contribution in [-0.4, -0.2) is 30.2 Å². The molecular formula is C30H62N+. The van der Waals surface area contributed by atoms with Gasteiger partial charge in [-0.1, -0.05) is 104 Å². The van der Waals surface area contributed by atoms with Gasteiger partial charge in [0.05, 0.1) is 25.7 Å². The molecule has 0 aromatic rings. The van der Waals surface area contributed by atoms with Gasteiger partial charge in [-0.15, -0.1) is 0 Å². The number of hydrogen-bond acceptors (Lipinski definition) is 0. The van der Waals surface area contributed by atoms with Crippen molar-refractivity contribution in [2.45, 2.75) is 174 Å². The minimum absolute atomic E-state index is 0.996. The maximum absolute atomic E-state index is 2.34. The van der Waals surface area contributed by atoms with Crippen LogP contribution < -0.4 is 0 Å². The first-order valence-electron chi connectivity index (χ1n) is 15.1. The molecule has 0 N–H and O–H groups in total. The predicted octanol–water partition coefficient (Wildman–Crippen LogP) is 10.2. The molecule has 0 aromatic carbocycles. The molecule has 0 aliphatic heterocycles. The Morgan fingerprint density at radius 2 is 0.742 bits per heavy atom. The first kappa shape index (κ1) is 29.0. The highest BCUT2D eigenvalue weighted by Gasteiger charge is 2.36. The number of unbranched alkanes of at least 4 members (excludes halogenated alkanes) is 15. The van der Waals surface area contributed by atoms with E-state index in [0.29, 0.717) is 0 Å². The van der Waals surface area contributed by atoms with Gasteiger partial charge in [0, 0.05) is 0 Å². The van der Waals surface area contributed by atoms with E-state index in [1.807, 2.05) is 0 Å². The van der Waals surface area contributed by atoms with Gasteiger partial charge in [0.1, 0.15) is 0 Å². The van der Waals surface area contributed by atoms with Crippen molar-refractivity contribution in [2.75, 3.05) is 19.6 Å². The third kappa shape index (κ3) is 14.0. The number of rotatable bonds is 22. The summed E-state index contributed by atoms with van der Waals surface area (Å²) in [7, 11) is 0. The third-order valence-electron chi connectivity index (χ3n) is 8.22. The van der Waals surface area contributed by atoms with Crippen LogP contribution in [0.25, 0.3) is 0 Å². The standard InChI is InChI=1S/C30H62N/c1-4-7-10-13-16-22-27-31(30-25-20-19-21-26-30,28-23-17-14-11-8-5-2)29-24-18-15-12-9-6-3/h30H,4-29H2,1-3H3/q+1. The van der Waals surface area contributed by atoms with Crippen LogP contribution in [0.3, 0.4) is 0 Å². The summed E-state index contributed by atoms with van der Waals surface area (Å²) in [4.78, 5) is 0. The molecule has 0 radical (unpaired) electrons. The van der Waals surface area contributed by atoms with Crippen LogP contribution in [0.2, 0.25) is 0 Å². The lowest BCUT2D eigenvalue weighted by Crippen LogP contribution is -2.57. The van der Waals surface area contributed by atoms with E-state index in [9.17, 15) is 0 Å². The third-order valence-corrected chi connectivity index (χ3v) is 8.22. The molecule has 0 heterocycles. The van der Waals surface area contributed by atoms with E-state index >= 15 is 0 Å². The van der Waals surface area contributed by atoms with Crippen molar-refractivity contribution in [1.29, 1.82) is 0 Å². The molecule has 0 aromatic heterocycles. The second-order valence-corrected chi connectivity index (χ2v) is 11.0. The topological polar surface area (TPSA) is 0 Å². The molecule has 1 saturated carbocycles. The maximum atomic E-state index is 2.34. The molecule has 1 aliphatic carbocycles. The van der Waals surface area contributed by atoms with E-state index in [1.54, 1.807) is 0 Å². The fraction of sp³-hybridized carbons (Fsp3) is 1.00. The van der Waals surface area contributed by atoms with Gasteiger partial charge in [0.15, 0.2) is 0 Å². The summed E-state index contributed by atoms with van der Waals surface area (Å²) in [5.41, 5.74) is 0. The van der Waals surface area contributed by atoms with Gasteiger partial charge in [0.2, 0.25) is 0 Å². The number of hydrogen-bond donors (Lipinski definition) is 0. The number of quaternary nitrogens is 1. The SMILES string of the molecule is CCCCCCCC[N+](CCCCCCCC)(CCCCCCCC)C1CCCCC1. The largest absolute Gasteiger partial charge is 0.321 e. The van der Waals surface area contributed by atoms with Crippen molar-refractivity contribution in [3.63, 3.8) is 0 Å². The predicted molar refractivity (Wildman–Crippen MR) is 142 cm³/mol. The van der Waals surface area contributed by atoms with E-state index in [1.165, 1.54) is 172 Å². The van der Waals surface area contributed by atoms with Gasteiger partial charge in [-0.05, 0) is 64.2 Å². The van der Waals surface area contributed by atoms with Gasteiger partial charge in [-0.2, -0.15) is 0 Å². The summed E-state index contributed by atoms with van der Waals surface area (Å²) in [6.07, 6.45) is 33.8. The van der Waals surface area contributed by atoms with Crippen molar-refractivity contribution < 1.29 is 4.48 Å². The van der Waals surface area contributed by atoms with Crippen molar-refractivity contribution in [3.8, 4) is 0 Å². The van der Waals surface area contributed by atoms with E-state index in [4.69, 9.17) is 0 Å². The van der Waals surface area contributed by atoms with Crippen molar-refractivity contribution in [2.24, 2.45) is 0 Å². The quantitative estimate of drug-likeness (QED) is 0.117. The molecule has 1 heteroatoms. The highest BCUT2D eigenvalue weighted by atomic mass is 15.4. The fourth-order valence-electron chi connectivity index (χ4n) is 6.13. The lowest BCUT2D eigenvalue weighted by molar-refractivity contribution is -0.953. The van der Waals surface area contributed by atoms with Crippen LogP contribution in [0.5, 0.6) is 0 Å². The molecular weight excluding hydrogens is 374 g/mol. The summed E-state index contributed by atoms with van der Waals surface area (Å²) < 4.78 is 1.52. The van der Waals surface area contributed by atoms with Crippen LogP contribution in [0.4, 0.5) is 0 Å². The highest BCUT2D eigenvalue weighted by Crippen LogP contribution is 2.31. The average molecular weight is 437 g/mol. The second kappa shape index (κ2) is 20.6. The highest BCUT2D eigenvalue weighted by molar-refractivity contribution is 4.69. The monoisotopic (exact) mass is 436 g/mol. The van der Waals surface area contributed by atoms with E-state index < -0.39 is 0 Å². The molecule has 0 saturated heterocycles. The first-order valence-corrected chi connectivity index (χ1v) is 15.1. The van der Waals surface area contributed by atoms with E-state index in [0.717, 1.165) is 6.04 Å². The van der Waals surface area contributed by atoms with E-state index in [2.05, 4.69) is 20.8 Å². The molecule has 0 spiro atoms. The van der Waals surface area contributed by atoms with Gasteiger partial charge in [-0.3, -0.25) is 0 Å². The Labute approximate surface area is 198 Å². The summed E-state index contributed by atoms with van der Waals surface area (Å²) in [6, 6.07) is 0.996. The molecule has 1 rings (SSSR count). The lowest BCUT2D eigenvalue weighted by Gasteiger charge is -2.47. The van der Waals surface area contributed by atoms with Gasteiger partial charge in [-0.25, -0.2) is 0 Å². The Morgan fingerprint density at radius 3 is 1.10 bits per heavy atom. The normalized spacial score (nSPS) is 15.6. The van der Waals surface area contributed by atoms with Crippen molar-refractivity contribution in [3.05, 3.63) is 0 Å². The maximum Gasteiger partial charge on any atom is 0.0890 e. The summed E-state index contributed by atoms with van der Waals surface area (Å²) in [6.45, 7) is 11.5. The summed E-state index contributed by atoms with van der Waals surface area (Å²) in [5, 5.41) is 0. The zero-order valence-electron chi connectivity index (χ0n) is 22.4. The molecule has 31 heavy (non-hydrogen) atoms. The Kier molecular flexibility index (Phi) is 19.2. The van der Waals surface area contributed by atoms with Crippen molar-refractivity contribution in [1.82, 2.24) is 0 Å². The molecule has 1 aliphatic rings. The van der Waals surface area contributed by atoms with Gasteiger partial charge >= 0.3 is 0 Å². The molecule has 0 unspecified atom stereocenters.